The third-order valence-corrected chi connectivity index (χ3v) is 5.87. The molecule has 0 saturated carbocycles. The molecule has 13 heteroatoms. The van der Waals surface area contributed by atoms with Crippen LogP contribution < -0.4 is 21.5 Å². The van der Waals surface area contributed by atoms with Gasteiger partial charge in [-0.05, 0) is 64.5 Å². The molecule has 0 unspecified atom stereocenters. The molecule has 2 aromatic carbocycles. The fourth-order valence-corrected chi connectivity index (χ4v) is 3.66. The maximum Gasteiger partial charge on any atom is 0.264 e. The summed E-state index contributed by atoms with van der Waals surface area (Å²) in [5.41, 5.74) is 12.8. The van der Waals surface area contributed by atoms with Crippen LogP contribution in [0.4, 0.5) is 17.3 Å². The monoisotopic (exact) mass is 566 g/mol. The highest BCUT2D eigenvalue weighted by Gasteiger charge is 2.15. The molecular weight excluding hydrogens is 552 g/mol. The Morgan fingerprint density at radius 3 is 2.13 bits per heavy atom. The van der Waals surface area contributed by atoms with Gasteiger partial charge in [0.2, 0.25) is 17.9 Å². The van der Waals surface area contributed by atoms with Crippen LogP contribution in [0.15, 0.2) is 84.8 Å². The summed E-state index contributed by atoms with van der Waals surface area (Å²) in [6, 6.07) is 13.0. The standard InChI is InChI=1S/C18H16Br2N8O2S/c19-11-1-3-13(4-2-11)25-16(21)27-17(22)26-14-5-7-15(8-6-14)31(29,30)28-18-23-9-12(20)10-24-18/h1-10H,(H,23,24,28)(H5,21,22,25,26,27). The van der Waals surface area contributed by atoms with E-state index in [1.807, 2.05) is 24.3 Å². The van der Waals surface area contributed by atoms with Crippen molar-refractivity contribution in [3.05, 3.63) is 69.9 Å². The number of rotatable bonds is 5. The first kappa shape index (κ1) is 22.7. The number of nitrogens with zero attached hydrogens (tertiary/aromatic N) is 4. The summed E-state index contributed by atoms with van der Waals surface area (Å²) in [6.45, 7) is 0. The number of benzene rings is 2. The molecule has 0 spiro atoms. The molecule has 0 bridgehead atoms. The van der Waals surface area contributed by atoms with Crippen molar-refractivity contribution >= 4 is 71.1 Å². The van der Waals surface area contributed by atoms with E-state index in [1.54, 1.807) is 0 Å². The first-order valence-corrected chi connectivity index (χ1v) is 11.6. The van der Waals surface area contributed by atoms with Gasteiger partial charge in [-0.2, -0.15) is 4.99 Å². The van der Waals surface area contributed by atoms with E-state index in [0.717, 1.165) is 10.2 Å². The molecule has 0 amide bonds. The normalized spacial score (nSPS) is 12.5. The van der Waals surface area contributed by atoms with Gasteiger partial charge >= 0.3 is 0 Å². The van der Waals surface area contributed by atoms with Gasteiger partial charge in [-0.15, -0.1) is 0 Å². The van der Waals surface area contributed by atoms with Crippen LogP contribution in [-0.2, 0) is 10.0 Å². The van der Waals surface area contributed by atoms with Gasteiger partial charge in [0, 0.05) is 22.6 Å². The molecule has 1 aromatic heterocycles. The fourth-order valence-electron chi connectivity index (χ4n) is 2.23. The lowest BCUT2D eigenvalue weighted by Gasteiger charge is -2.07. The van der Waals surface area contributed by atoms with Gasteiger partial charge in [0.1, 0.15) is 0 Å². The molecule has 0 fully saturated rings. The molecule has 3 rings (SSSR count). The predicted molar refractivity (Wildman–Crippen MR) is 128 cm³/mol. The number of nitrogens with one attached hydrogen (secondary N) is 2. The van der Waals surface area contributed by atoms with Crippen LogP contribution in [-0.4, -0.2) is 30.3 Å². The van der Waals surface area contributed by atoms with Crippen molar-refractivity contribution < 1.29 is 8.42 Å². The third-order valence-electron chi connectivity index (χ3n) is 3.59. The first-order chi connectivity index (χ1) is 14.7. The van der Waals surface area contributed by atoms with Gasteiger partial charge in [0.05, 0.1) is 15.1 Å². The Morgan fingerprint density at radius 2 is 1.52 bits per heavy atom. The number of halogens is 2. The molecule has 1 heterocycles. The van der Waals surface area contributed by atoms with Crippen molar-refractivity contribution in [2.24, 2.45) is 21.5 Å². The lowest BCUT2D eigenvalue weighted by molar-refractivity contribution is 0.601. The van der Waals surface area contributed by atoms with Crippen molar-refractivity contribution in [2.45, 2.75) is 4.90 Å². The fraction of sp³-hybridized carbons (Fsp3) is 0. The van der Waals surface area contributed by atoms with Crippen molar-refractivity contribution in [3.8, 4) is 0 Å². The van der Waals surface area contributed by atoms with Crippen LogP contribution in [0.25, 0.3) is 0 Å². The zero-order chi connectivity index (χ0) is 22.4. The van der Waals surface area contributed by atoms with Gasteiger partial charge in [0.25, 0.3) is 10.0 Å². The minimum Gasteiger partial charge on any atom is -0.369 e. The minimum atomic E-state index is -3.86. The maximum absolute atomic E-state index is 12.4. The molecule has 10 nitrogen and oxygen atoms in total. The van der Waals surface area contributed by atoms with Crippen molar-refractivity contribution in [1.82, 2.24) is 9.97 Å². The Labute approximate surface area is 195 Å². The number of aromatic nitrogens is 2. The molecule has 0 atom stereocenters. The summed E-state index contributed by atoms with van der Waals surface area (Å²) in [5.74, 6) is -0.0850. The van der Waals surface area contributed by atoms with Crippen LogP contribution >= 0.6 is 31.9 Å². The molecule has 3 aromatic rings. The molecule has 0 radical (unpaired) electrons. The second-order valence-electron chi connectivity index (χ2n) is 5.92. The first-order valence-electron chi connectivity index (χ1n) is 8.53. The largest absolute Gasteiger partial charge is 0.369 e. The van der Waals surface area contributed by atoms with Crippen LogP contribution in [0.3, 0.4) is 0 Å². The highest BCUT2D eigenvalue weighted by molar-refractivity contribution is 9.10. The zero-order valence-corrected chi connectivity index (χ0v) is 19.7. The molecule has 160 valence electrons. The molecule has 0 aliphatic heterocycles. The Morgan fingerprint density at radius 1 is 0.903 bits per heavy atom. The molecular formula is C18H16Br2N8O2S. The smallest absolute Gasteiger partial charge is 0.264 e. The summed E-state index contributed by atoms with van der Waals surface area (Å²) in [5, 5.41) is 2.89. The number of hydrogen-bond donors (Lipinski definition) is 4. The lowest BCUT2D eigenvalue weighted by Crippen LogP contribution is -2.26. The number of aliphatic imine (C=N–C) groups is 2. The highest BCUT2D eigenvalue weighted by atomic mass is 79.9. The van der Waals surface area contributed by atoms with Crippen LogP contribution in [0.5, 0.6) is 0 Å². The molecule has 31 heavy (non-hydrogen) atoms. The van der Waals surface area contributed by atoms with E-state index in [-0.39, 0.29) is 22.8 Å². The number of hydrogen-bond acceptors (Lipinski definition) is 5. The summed E-state index contributed by atoms with van der Waals surface area (Å²) < 4.78 is 28.7. The second kappa shape index (κ2) is 9.85. The molecule has 0 aliphatic carbocycles. The van der Waals surface area contributed by atoms with Crippen LogP contribution in [0, 0.1) is 0 Å². The quantitative estimate of drug-likeness (QED) is 0.272. The van der Waals surface area contributed by atoms with Gasteiger partial charge in [-0.25, -0.2) is 28.1 Å². The van der Waals surface area contributed by atoms with Crippen molar-refractivity contribution in [1.29, 1.82) is 0 Å². The van der Waals surface area contributed by atoms with E-state index in [4.69, 9.17) is 11.5 Å². The van der Waals surface area contributed by atoms with E-state index in [2.05, 4.69) is 61.9 Å². The second-order valence-corrected chi connectivity index (χ2v) is 9.44. The Kier molecular flexibility index (Phi) is 7.20. The maximum atomic E-state index is 12.4. The van der Waals surface area contributed by atoms with E-state index in [1.165, 1.54) is 36.7 Å². The Hall–Kier alpha value is -3.03. The topological polar surface area (TPSA) is 161 Å². The number of guanidine groups is 2. The van der Waals surface area contributed by atoms with Crippen LogP contribution in [0.1, 0.15) is 0 Å². The van der Waals surface area contributed by atoms with E-state index in [0.29, 0.717) is 10.2 Å². The van der Waals surface area contributed by atoms with Gasteiger partial charge in [-0.1, -0.05) is 15.9 Å². The average Bonchev–Trinajstić information content (AvgIpc) is 2.71. The van der Waals surface area contributed by atoms with E-state index >= 15 is 0 Å². The summed E-state index contributed by atoms with van der Waals surface area (Å²) in [7, 11) is -3.86. The van der Waals surface area contributed by atoms with Crippen molar-refractivity contribution in [2.75, 3.05) is 10.0 Å². The van der Waals surface area contributed by atoms with E-state index in [9.17, 15) is 8.42 Å². The number of anilines is 2. The minimum absolute atomic E-state index is 0.0106. The van der Waals surface area contributed by atoms with E-state index < -0.39 is 10.0 Å². The number of nitrogens with two attached hydrogens (primary N) is 2. The van der Waals surface area contributed by atoms with Crippen molar-refractivity contribution in [3.63, 3.8) is 0 Å². The highest BCUT2D eigenvalue weighted by Crippen LogP contribution is 2.19. The van der Waals surface area contributed by atoms with Gasteiger partial charge < -0.3 is 16.8 Å². The lowest BCUT2D eigenvalue weighted by atomic mass is 10.3. The third kappa shape index (κ3) is 6.73. The molecule has 6 N–H and O–H groups in total. The summed E-state index contributed by atoms with van der Waals surface area (Å²) >= 11 is 6.53. The SMILES string of the molecule is NC(=Nc1ccc(S(=O)(=O)Nc2ncc(Br)cn2)cc1)/N=C(/N)Nc1ccc(Br)cc1. The van der Waals surface area contributed by atoms with Gasteiger partial charge in [0.15, 0.2) is 0 Å². The predicted octanol–water partition coefficient (Wildman–Crippen LogP) is 3.18. The number of sulfonamides is 1. The summed E-state index contributed by atoms with van der Waals surface area (Å²) in [4.78, 5) is 15.9. The molecule has 0 aliphatic rings. The average molecular weight is 568 g/mol. The zero-order valence-electron chi connectivity index (χ0n) is 15.7. The Balaban J connectivity index is 1.68. The van der Waals surface area contributed by atoms with Gasteiger partial charge in [-0.3, -0.25) is 0 Å². The van der Waals surface area contributed by atoms with Crippen LogP contribution in [0.2, 0.25) is 0 Å². The molecule has 0 saturated heterocycles. The Bertz CT molecular complexity index is 1210. The summed E-state index contributed by atoms with van der Waals surface area (Å²) in [6.07, 6.45) is 2.87.